The van der Waals surface area contributed by atoms with Crippen molar-refractivity contribution in [2.45, 2.75) is 13.0 Å². The number of thiophene rings is 1. The van der Waals surface area contributed by atoms with Gasteiger partial charge in [-0.25, -0.2) is 4.79 Å². The van der Waals surface area contributed by atoms with E-state index in [0.717, 1.165) is 30.0 Å². The van der Waals surface area contributed by atoms with E-state index >= 15 is 0 Å². The van der Waals surface area contributed by atoms with Crippen LogP contribution in [-0.2, 0) is 22.5 Å². The molecule has 1 aromatic carbocycles. The van der Waals surface area contributed by atoms with Crippen molar-refractivity contribution in [1.29, 1.82) is 0 Å². The van der Waals surface area contributed by atoms with Gasteiger partial charge in [0.15, 0.2) is 6.61 Å². The number of hydrogen-bond acceptors (Lipinski definition) is 5. The Morgan fingerprint density at radius 3 is 2.73 bits per heavy atom. The highest BCUT2D eigenvalue weighted by Gasteiger charge is 2.29. The lowest BCUT2D eigenvalue weighted by molar-refractivity contribution is -0.895. The van der Waals surface area contributed by atoms with Crippen molar-refractivity contribution in [2.75, 3.05) is 32.6 Å². The second-order valence-corrected chi connectivity index (χ2v) is 7.67. The Hall–Kier alpha value is -2.09. The molecule has 1 aliphatic rings. The number of hydrogen-bond donors (Lipinski definition) is 2. The molecule has 1 unspecified atom stereocenters. The largest absolute Gasteiger partial charge is 0.484 e. The van der Waals surface area contributed by atoms with Crippen LogP contribution in [0.4, 0.5) is 5.00 Å². The number of rotatable bonds is 5. The normalized spacial score (nSPS) is 15.9. The number of fused-ring (bicyclic) bond motifs is 1. The molecule has 3 rings (SSSR count). The lowest BCUT2D eigenvalue weighted by Crippen LogP contribution is -3.08. The first-order chi connectivity index (χ1) is 12.5. The number of likely N-dealkylation sites (N-methyl/N-ethyl adjacent to an activating group) is 1. The fraction of sp³-hybridized carbons (Fsp3) is 0.333. The van der Waals surface area contributed by atoms with Crippen molar-refractivity contribution in [3.63, 3.8) is 0 Å². The molecule has 1 aliphatic heterocycles. The predicted octanol–water partition coefficient (Wildman–Crippen LogP) is 1.78. The zero-order valence-corrected chi connectivity index (χ0v) is 16.1. The summed E-state index contributed by atoms with van der Waals surface area (Å²) in [6.45, 7) is 1.62. The van der Waals surface area contributed by atoms with Crippen molar-refractivity contribution in [2.24, 2.45) is 0 Å². The van der Waals surface area contributed by atoms with E-state index in [1.165, 1.54) is 23.3 Å². The molecule has 2 aromatic rings. The van der Waals surface area contributed by atoms with E-state index in [0.29, 0.717) is 21.3 Å². The molecule has 0 aliphatic carbocycles. The molecule has 6 nitrogen and oxygen atoms in total. The van der Waals surface area contributed by atoms with Crippen molar-refractivity contribution in [3.05, 3.63) is 45.3 Å². The second-order valence-electron chi connectivity index (χ2n) is 6.12. The van der Waals surface area contributed by atoms with Crippen LogP contribution < -0.4 is 15.0 Å². The summed E-state index contributed by atoms with van der Waals surface area (Å²) in [5.41, 5.74) is 1.46. The molecule has 0 spiro atoms. The summed E-state index contributed by atoms with van der Waals surface area (Å²) in [6.07, 6.45) is 0.791. The van der Waals surface area contributed by atoms with Gasteiger partial charge in [0, 0.05) is 11.4 Å². The highest BCUT2D eigenvalue weighted by atomic mass is 35.5. The van der Waals surface area contributed by atoms with E-state index in [1.54, 1.807) is 24.3 Å². The minimum atomic E-state index is -0.420. The minimum absolute atomic E-state index is 0.157. The van der Waals surface area contributed by atoms with Crippen LogP contribution in [0.5, 0.6) is 5.75 Å². The van der Waals surface area contributed by atoms with Crippen LogP contribution >= 0.6 is 22.9 Å². The summed E-state index contributed by atoms with van der Waals surface area (Å²) >= 11 is 7.26. The van der Waals surface area contributed by atoms with Crippen LogP contribution in [0.2, 0.25) is 5.02 Å². The number of carbonyl (C=O) groups is 2. The third-order valence-corrected chi connectivity index (χ3v) is 5.58. The summed E-state index contributed by atoms with van der Waals surface area (Å²) in [6, 6.07) is 6.77. The van der Waals surface area contributed by atoms with Crippen molar-refractivity contribution in [1.82, 2.24) is 0 Å². The topological polar surface area (TPSA) is 69.1 Å². The molecule has 0 bridgehead atoms. The van der Waals surface area contributed by atoms with Crippen LogP contribution in [0.15, 0.2) is 24.3 Å². The number of esters is 1. The molecule has 2 heterocycles. The van der Waals surface area contributed by atoms with E-state index in [4.69, 9.17) is 21.1 Å². The van der Waals surface area contributed by atoms with Gasteiger partial charge in [0.05, 0.1) is 31.1 Å². The van der Waals surface area contributed by atoms with Crippen molar-refractivity contribution < 1.29 is 24.0 Å². The molecular formula is C18H20ClN2O4S+. The highest BCUT2D eigenvalue weighted by Crippen LogP contribution is 2.35. The Bertz CT molecular complexity index is 819. The van der Waals surface area contributed by atoms with Crippen LogP contribution in [0.1, 0.15) is 20.8 Å². The van der Waals surface area contributed by atoms with Crippen molar-refractivity contribution >= 4 is 39.8 Å². The summed E-state index contributed by atoms with van der Waals surface area (Å²) in [5.74, 6) is -0.200. The maximum absolute atomic E-state index is 12.3. The highest BCUT2D eigenvalue weighted by molar-refractivity contribution is 7.17. The molecule has 0 saturated carbocycles. The summed E-state index contributed by atoms with van der Waals surface area (Å²) in [5, 5.41) is 3.92. The molecule has 8 heteroatoms. The first-order valence-corrected chi connectivity index (χ1v) is 9.39. The molecule has 0 fully saturated rings. The fourth-order valence-corrected chi connectivity index (χ4v) is 4.36. The van der Waals surface area contributed by atoms with Crippen molar-refractivity contribution in [3.8, 4) is 5.75 Å². The van der Waals surface area contributed by atoms with Gasteiger partial charge in [-0.15, -0.1) is 11.3 Å². The van der Waals surface area contributed by atoms with E-state index in [9.17, 15) is 9.59 Å². The molecule has 26 heavy (non-hydrogen) atoms. The molecule has 1 atom stereocenters. The van der Waals surface area contributed by atoms with Gasteiger partial charge >= 0.3 is 5.97 Å². The van der Waals surface area contributed by atoms with Gasteiger partial charge in [-0.3, -0.25) is 4.79 Å². The Kier molecular flexibility index (Phi) is 5.80. The zero-order valence-electron chi connectivity index (χ0n) is 14.6. The molecular weight excluding hydrogens is 376 g/mol. The summed E-state index contributed by atoms with van der Waals surface area (Å²) in [4.78, 5) is 27.0. The number of quaternary nitrogens is 1. The standard InChI is InChI=1S/C18H19ClN2O4S/c1-21-8-7-13-14(9-21)26-17(16(13)18(23)24-2)20-15(22)10-25-12-5-3-11(19)4-6-12/h3-6H,7-10H2,1-2H3,(H,20,22)/p+1. The maximum atomic E-state index is 12.3. The third-order valence-electron chi connectivity index (χ3n) is 4.18. The monoisotopic (exact) mass is 395 g/mol. The number of amides is 1. The van der Waals surface area contributed by atoms with Gasteiger partial charge in [0.25, 0.3) is 5.91 Å². The summed E-state index contributed by atoms with van der Waals surface area (Å²) in [7, 11) is 3.46. The average Bonchev–Trinajstić information content (AvgIpc) is 2.97. The first-order valence-electron chi connectivity index (χ1n) is 8.20. The number of methoxy groups -OCH3 is 1. The fourth-order valence-electron chi connectivity index (χ4n) is 2.87. The Morgan fingerprint density at radius 2 is 2.04 bits per heavy atom. The Labute approximate surface area is 160 Å². The molecule has 1 aromatic heterocycles. The quantitative estimate of drug-likeness (QED) is 0.757. The predicted molar refractivity (Wildman–Crippen MR) is 100 cm³/mol. The SMILES string of the molecule is COC(=O)c1c(NC(=O)COc2ccc(Cl)cc2)sc2c1CC[NH+](C)C2. The van der Waals surface area contributed by atoms with E-state index in [-0.39, 0.29) is 12.5 Å². The smallest absolute Gasteiger partial charge is 0.341 e. The number of carbonyl (C=O) groups excluding carboxylic acids is 2. The number of nitrogens with one attached hydrogen (secondary N) is 2. The summed E-state index contributed by atoms with van der Waals surface area (Å²) < 4.78 is 10.4. The third kappa shape index (κ3) is 4.17. The van der Waals surface area contributed by atoms with E-state index in [1.807, 2.05) is 0 Å². The zero-order chi connectivity index (χ0) is 18.7. The Balaban J connectivity index is 1.73. The maximum Gasteiger partial charge on any atom is 0.341 e. The average molecular weight is 396 g/mol. The lowest BCUT2D eigenvalue weighted by atomic mass is 10.0. The lowest BCUT2D eigenvalue weighted by Gasteiger charge is -2.19. The van der Waals surface area contributed by atoms with Crippen LogP contribution in [0, 0.1) is 0 Å². The molecule has 2 N–H and O–H groups in total. The second kappa shape index (κ2) is 8.07. The number of ether oxygens (including phenoxy) is 2. The van der Waals surface area contributed by atoms with Gasteiger partial charge in [-0.2, -0.15) is 0 Å². The van der Waals surface area contributed by atoms with Gasteiger partial charge < -0.3 is 19.7 Å². The van der Waals surface area contributed by atoms with E-state index in [2.05, 4.69) is 12.4 Å². The minimum Gasteiger partial charge on any atom is -0.484 e. The van der Waals surface area contributed by atoms with Gasteiger partial charge in [-0.05, 0) is 29.8 Å². The first kappa shape index (κ1) is 18.7. The van der Waals surface area contributed by atoms with Gasteiger partial charge in [0.1, 0.15) is 17.3 Å². The Morgan fingerprint density at radius 1 is 1.31 bits per heavy atom. The molecule has 138 valence electrons. The van der Waals surface area contributed by atoms with Gasteiger partial charge in [-0.1, -0.05) is 11.6 Å². The molecule has 0 saturated heterocycles. The van der Waals surface area contributed by atoms with E-state index < -0.39 is 5.97 Å². The molecule has 1 amide bonds. The number of benzene rings is 1. The number of halogens is 1. The number of anilines is 1. The van der Waals surface area contributed by atoms with Crippen LogP contribution in [0.25, 0.3) is 0 Å². The molecule has 0 radical (unpaired) electrons. The van der Waals surface area contributed by atoms with Gasteiger partial charge in [0.2, 0.25) is 0 Å². The van der Waals surface area contributed by atoms with Crippen LogP contribution in [0.3, 0.4) is 0 Å². The van der Waals surface area contributed by atoms with Crippen LogP contribution in [-0.4, -0.2) is 39.2 Å².